The summed E-state index contributed by atoms with van der Waals surface area (Å²) < 4.78 is 8.84. The zero-order valence-corrected chi connectivity index (χ0v) is 22.8. The molecule has 0 spiro atoms. The van der Waals surface area contributed by atoms with Crippen molar-refractivity contribution in [3.63, 3.8) is 0 Å². The van der Waals surface area contributed by atoms with Gasteiger partial charge in [0.05, 0.1) is 10.2 Å². The SMILES string of the molecule is CNC1(CNc2ccc3c(c2)sc2cc(-c4ccc(NC(=O)Nc5cc(C(C)(C)C)on5)cc4)cn23)CC1. The molecule has 0 unspecified atom stereocenters. The van der Waals surface area contributed by atoms with Crippen molar-refractivity contribution in [3.05, 3.63) is 66.6 Å². The van der Waals surface area contributed by atoms with Crippen LogP contribution in [0.2, 0.25) is 0 Å². The minimum atomic E-state index is -0.366. The maximum Gasteiger partial charge on any atom is 0.324 e. The number of nitrogens with one attached hydrogen (secondary N) is 4. The molecule has 5 aromatic rings. The molecule has 196 valence electrons. The van der Waals surface area contributed by atoms with Gasteiger partial charge < -0.3 is 24.9 Å². The lowest BCUT2D eigenvalue weighted by Gasteiger charge is -2.15. The van der Waals surface area contributed by atoms with E-state index in [-0.39, 0.29) is 17.0 Å². The maximum atomic E-state index is 12.4. The molecule has 0 aliphatic heterocycles. The molecule has 4 N–H and O–H groups in total. The van der Waals surface area contributed by atoms with Crippen LogP contribution in [0.15, 0.2) is 65.3 Å². The van der Waals surface area contributed by atoms with Crippen molar-refractivity contribution in [2.24, 2.45) is 0 Å². The number of urea groups is 1. The van der Waals surface area contributed by atoms with E-state index in [1.807, 2.05) is 52.1 Å². The molecule has 6 rings (SSSR count). The Morgan fingerprint density at radius 2 is 1.79 bits per heavy atom. The number of hydrogen-bond donors (Lipinski definition) is 4. The molecular formula is C29H32N6O2S. The van der Waals surface area contributed by atoms with Gasteiger partial charge in [-0.05, 0) is 61.9 Å². The van der Waals surface area contributed by atoms with E-state index in [1.54, 1.807) is 17.4 Å². The summed E-state index contributed by atoms with van der Waals surface area (Å²) in [6, 6.07) is 18.0. The first kappa shape index (κ1) is 24.5. The summed E-state index contributed by atoms with van der Waals surface area (Å²) in [5.41, 5.74) is 5.38. The molecule has 1 aliphatic carbocycles. The van der Waals surface area contributed by atoms with Gasteiger partial charge in [-0.15, -0.1) is 11.3 Å². The molecule has 9 heteroatoms. The highest BCUT2D eigenvalue weighted by molar-refractivity contribution is 7.24. The van der Waals surface area contributed by atoms with Gasteiger partial charge in [0.1, 0.15) is 10.6 Å². The molecule has 3 heterocycles. The monoisotopic (exact) mass is 528 g/mol. The van der Waals surface area contributed by atoms with E-state index in [0.29, 0.717) is 17.3 Å². The van der Waals surface area contributed by atoms with Gasteiger partial charge in [-0.25, -0.2) is 4.79 Å². The minimum absolute atomic E-state index is 0.176. The summed E-state index contributed by atoms with van der Waals surface area (Å²) >= 11 is 1.79. The molecule has 38 heavy (non-hydrogen) atoms. The first-order valence-electron chi connectivity index (χ1n) is 12.8. The van der Waals surface area contributed by atoms with E-state index in [4.69, 9.17) is 4.52 Å². The lowest BCUT2D eigenvalue weighted by molar-refractivity contribution is 0.262. The fraction of sp³-hybridized carbons (Fsp3) is 0.310. The highest BCUT2D eigenvalue weighted by Crippen LogP contribution is 2.36. The summed E-state index contributed by atoms with van der Waals surface area (Å²) in [6.45, 7) is 7.03. The zero-order chi connectivity index (χ0) is 26.5. The Hall–Kier alpha value is -3.82. The normalized spacial score (nSPS) is 14.6. The smallest absolute Gasteiger partial charge is 0.324 e. The predicted molar refractivity (Wildman–Crippen MR) is 156 cm³/mol. The van der Waals surface area contributed by atoms with Gasteiger partial charge in [0, 0.05) is 46.7 Å². The van der Waals surface area contributed by atoms with Crippen LogP contribution in [0.5, 0.6) is 0 Å². The maximum absolute atomic E-state index is 12.4. The number of fused-ring (bicyclic) bond motifs is 3. The third kappa shape index (κ3) is 4.87. The van der Waals surface area contributed by atoms with Crippen LogP contribution in [0.1, 0.15) is 39.4 Å². The molecular weight excluding hydrogens is 496 g/mol. The second-order valence-corrected chi connectivity index (χ2v) is 12.2. The molecule has 0 bridgehead atoms. The van der Waals surface area contributed by atoms with Crippen molar-refractivity contribution in [1.82, 2.24) is 14.9 Å². The second-order valence-electron chi connectivity index (χ2n) is 11.1. The highest BCUT2D eigenvalue weighted by atomic mass is 32.1. The number of hydrogen-bond acceptors (Lipinski definition) is 6. The molecule has 0 radical (unpaired) electrons. The lowest BCUT2D eigenvalue weighted by Crippen LogP contribution is -2.34. The Morgan fingerprint density at radius 3 is 2.47 bits per heavy atom. The number of thiazole rings is 1. The Labute approximate surface area is 225 Å². The van der Waals surface area contributed by atoms with Gasteiger partial charge in [-0.2, -0.15) is 0 Å². The third-order valence-electron chi connectivity index (χ3n) is 7.20. The van der Waals surface area contributed by atoms with Crippen molar-refractivity contribution < 1.29 is 9.32 Å². The zero-order valence-electron chi connectivity index (χ0n) is 22.0. The largest absolute Gasteiger partial charge is 0.383 e. The Bertz CT molecular complexity index is 1620. The minimum Gasteiger partial charge on any atom is -0.383 e. The van der Waals surface area contributed by atoms with E-state index in [0.717, 1.165) is 23.4 Å². The third-order valence-corrected chi connectivity index (χ3v) is 8.27. The fourth-order valence-electron chi connectivity index (χ4n) is 4.53. The van der Waals surface area contributed by atoms with E-state index >= 15 is 0 Å². The van der Waals surface area contributed by atoms with Gasteiger partial charge in [0.15, 0.2) is 5.82 Å². The number of anilines is 3. The van der Waals surface area contributed by atoms with Crippen LogP contribution in [0.3, 0.4) is 0 Å². The van der Waals surface area contributed by atoms with Gasteiger partial charge in [0.2, 0.25) is 0 Å². The van der Waals surface area contributed by atoms with Crippen LogP contribution in [0.25, 0.3) is 26.2 Å². The molecule has 1 saturated carbocycles. The molecule has 1 fully saturated rings. The molecule has 8 nitrogen and oxygen atoms in total. The van der Waals surface area contributed by atoms with Crippen molar-refractivity contribution in [3.8, 4) is 11.1 Å². The van der Waals surface area contributed by atoms with E-state index < -0.39 is 0 Å². The number of amides is 2. The summed E-state index contributed by atoms with van der Waals surface area (Å²) in [7, 11) is 2.04. The van der Waals surface area contributed by atoms with Crippen molar-refractivity contribution >= 4 is 49.6 Å². The number of rotatable bonds is 7. The predicted octanol–water partition coefficient (Wildman–Crippen LogP) is 6.91. The number of nitrogens with zero attached hydrogens (tertiary/aromatic N) is 2. The van der Waals surface area contributed by atoms with Gasteiger partial charge in [-0.1, -0.05) is 38.1 Å². The molecule has 3 aromatic heterocycles. The average molecular weight is 529 g/mol. The van der Waals surface area contributed by atoms with Crippen molar-refractivity contribution in [2.75, 3.05) is 29.5 Å². The first-order chi connectivity index (χ1) is 18.2. The first-order valence-corrected chi connectivity index (χ1v) is 13.7. The second kappa shape index (κ2) is 9.18. The van der Waals surface area contributed by atoms with Crippen LogP contribution in [-0.4, -0.2) is 34.7 Å². The topological polar surface area (TPSA) is 95.6 Å². The van der Waals surface area contributed by atoms with Crippen LogP contribution in [-0.2, 0) is 5.41 Å². The van der Waals surface area contributed by atoms with E-state index in [2.05, 4.69) is 61.3 Å². The summed E-state index contributed by atoms with van der Waals surface area (Å²) in [5, 5.41) is 16.5. The van der Waals surface area contributed by atoms with E-state index in [1.165, 1.54) is 27.9 Å². The summed E-state index contributed by atoms with van der Waals surface area (Å²) in [4.78, 5) is 13.6. The number of carbonyl (C=O) groups is 1. The number of carbonyl (C=O) groups excluding carboxylic acids is 1. The van der Waals surface area contributed by atoms with Crippen LogP contribution >= 0.6 is 11.3 Å². The summed E-state index contributed by atoms with van der Waals surface area (Å²) in [5.74, 6) is 1.10. The molecule has 2 amide bonds. The lowest BCUT2D eigenvalue weighted by atomic mass is 9.93. The summed E-state index contributed by atoms with van der Waals surface area (Å²) in [6.07, 6.45) is 4.64. The molecule has 1 aliphatic rings. The Kier molecular flexibility index (Phi) is 5.92. The standard InChI is InChI=1S/C29H32N6O2S/c1-28(2,3)24-15-25(34-37-24)33-27(36)32-20-7-5-18(6-8-20)19-13-26-35(16-19)22-10-9-21(14-23(22)38-26)31-17-29(30-4)11-12-29/h5-10,13-16,30-31H,11-12,17H2,1-4H3,(H2,32,33,34,36). The van der Waals surface area contributed by atoms with Gasteiger partial charge >= 0.3 is 6.03 Å². The molecule has 0 saturated heterocycles. The molecule has 0 atom stereocenters. The fourth-order valence-corrected chi connectivity index (χ4v) is 5.65. The van der Waals surface area contributed by atoms with Crippen molar-refractivity contribution in [1.29, 1.82) is 0 Å². The number of likely N-dealkylation sites (N-methyl/N-ethyl adjacent to an activating group) is 1. The quantitative estimate of drug-likeness (QED) is 0.184. The van der Waals surface area contributed by atoms with Crippen LogP contribution in [0, 0.1) is 0 Å². The van der Waals surface area contributed by atoms with E-state index in [9.17, 15) is 4.79 Å². The highest BCUT2D eigenvalue weighted by Gasteiger charge is 2.40. The van der Waals surface area contributed by atoms with Gasteiger partial charge in [0.25, 0.3) is 0 Å². The van der Waals surface area contributed by atoms with Crippen molar-refractivity contribution in [2.45, 2.75) is 44.6 Å². The average Bonchev–Trinajstić information content (AvgIpc) is 3.16. The molecule has 2 aromatic carbocycles. The Balaban J connectivity index is 1.12. The Morgan fingerprint density at radius 1 is 1.03 bits per heavy atom. The van der Waals surface area contributed by atoms with Crippen LogP contribution in [0.4, 0.5) is 22.0 Å². The number of aromatic nitrogens is 2. The van der Waals surface area contributed by atoms with Crippen LogP contribution < -0.4 is 21.3 Å². The number of benzene rings is 2. The van der Waals surface area contributed by atoms with Gasteiger partial charge in [-0.3, -0.25) is 5.32 Å².